The van der Waals surface area contributed by atoms with Crippen molar-refractivity contribution in [3.8, 4) is 5.75 Å². The third-order valence-electron chi connectivity index (χ3n) is 4.77. The molecule has 7 nitrogen and oxygen atoms in total. The minimum atomic E-state index is -0.462. The van der Waals surface area contributed by atoms with Gasteiger partial charge in [-0.2, -0.15) is 5.10 Å². The second-order valence-corrected chi connectivity index (χ2v) is 6.95. The predicted octanol–water partition coefficient (Wildman–Crippen LogP) is 2.84. The molecule has 4 rings (SSSR count). The van der Waals surface area contributed by atoms with Gasteiger partial charge in [-0.3, -0.25) is 14.2 Å². The Labute approximate surface area is 178 Å². The van der Waals surface area contributed by atoms with E-state index in [-0.39, 0.29) is 17.9 Å². The van der Waals surface area contributed by atoms with E-state index < -0.39 is 5.91 Å². The van der Waals surface area contributed by atoms with Crippen LogP contribution in [0.25, 0.3) is 11.0 Å². The highest BCUT2D eigenvalue weighted by Gasteiger charge is 2.14. The Morgan fingerprint density at radius 1 is 1.00 bits per heavy atom. The number of fused-ring (bicyclic) bond motifs is 1. The van der Waals surface area contributed by atoms with Crippen molar-refractivity contribution in [3.63, 3.8) is 0 Å². The van der Waals surface area contributed by atoms with Crippen LogP contribution in [0.15, 0.2) is 88.8 Å². The number of amides is 1. The lowest BCUT2D eigenvalue weighted by Gasteiger charge is -2.11. The van der Waals surface area contributed by atoms with E-state index in [1.54, 1.807) is 30.3 Å². The van der Waals surface area contributed by atoms with Crippen LogP contribution in [0.4, 0.5) is 0 Å². The number of hydrogen-bond acceptors (Lipinski definition) is 5. The smallest absolute Gasteiger partial charge is 0.273 e. The molecule has 3 aromatic carbocycles. The largest absolute Gasteiger partial charge is 0.507 e. The number of hydrogen-bond donors (Lipinski definition) is 2. The quantitative estimate of drug-likeness (QED) is 0.376. The molecule has 154 valence electrons. The van der Waals surface area contributed by atoms with Crippen molar-refractivity contribution in [2.24, 2.45) is 5.10 Å². The van der Waals surface area contributed by atoms with Gasteiger partial charge >= 0.3 is 0 Å². The molecule has 4 aromatic rings. The fraction of sp³-hybridized carbons (Fsp3) is 0.0833. The topological polar surface area (TPSA) is 96.6 Å². The van der Waals surface area contributed by atoms with E-state index in [0.29, 0.717) is 28.7 Å². The normalized spacial score (nSPS) is 11.1. The molecule has 31 heavy (non-hydrogen) atoms. The number of benzene rings is 3. The van der Waals surface area contributed by atoms with Gasteiger partial charge in [-0.15, -0.1) is 0 Å². The summed E-state index contributed by atoms with van der Waals surface area (Å²) in [4.78, 5) is 30.1. The van der Waals surface area contributed by atoms with Crippen molar-refractivity contribution in [1.29, 1.82) is 0 Å². The van der Waals surface area contributed by atoms with Crippen LogP contribution >= 0.6 is 0 Å². The van der Waals surface area contributed by atoms with Crippen molar-refractivity contribution in [1.82, 2.24) is 15.0 Å². The first-order chi connectivity index (χ1) is 15.1. The molecule has 7 heteroatoms. The summed E-state index contributed by atoms with van der Waals surface area (Å²) < 4.78 is 1.41. The molecular formula is C24H20N4O3. The molecule has 1 amide bonds. The zero-order valence-corrected chi connectivity index (χ0v) is 16.6. The molecule has 1 heterocycles. The molecular weight excluding hydrogens is 392 g/mol. The summed E-state index contributed by atoms with van der Waals surface area (Å²) in [6.45, 7) is -0.207. The van der Waals surface area contributed by atoms with Crippen molar-refractivity contribution in [2.45, 2.75) is 13.0 Å². The third-order valence-corrected chi connectivity index (χ3v) is 4.77. The van der Waals surface area contributed by atoms with Crippen molar-refractivity contribution in [3.05, 3.63) is 106 Å². The van der Waals surface area contributed by atoms with E-state index in [0.717, 1.165) is 5.56 Å². The van der Waals surface area contributed by atoms with E-state index in [2.05, 4.69) is 15.5 Å². The van der Waals surface area contributed by atoms with E-state index in [1.165, 1.54) is 16.8 Å². The molecule has 0 aliphatic heterocycles. The summed E-state index contributed by atoms with van der Waals surface area (Å²) in [5.41, 5.74) is 5.11. The minimum Gasteiger partial charge on any atom is -0.507 e. The monoisotopic (exact) mass is 412 g/mol. The fourth-order valence-corrected chi connectivity index (χ4v) is 3.26. The average Bonchev–Trinajstić information content (AvgIpc) is 2.78. The number of aromatic hydroxyl groups is 1. The molecule has 0 unspecified atom stereocenters. The van der Waals surface area contributed by atoms with Gasteiger partial charge in [-0.1, -0.05) is 54.6 Å². The number of carbonyl (C=O) groups is 1. The van der Waals surface area contributed by atoms with Gasteiger partial charge in [0.2, 0.25) is 0 Å². The molecule has 0 aliphatic carbocycles. The molecule has 0 radical (unpaired) electrons. The summed E-state index contributed by atoms with van der Waals surface area (Å²) in [7, 11) is 0. The summed E-state index contributed by atoms with van der Waals surface area (Å²) in [5, 5.41) is 13.6. The lowest BCUT2D eigenvalue weighted by atomic mass is 10.1. The highest BCUT2D eigenvalue weighted by molar-refractivity contribution is 5.85. The molecule has 1 aromatic heterocycles. The van der Waals surface area contributed by atoms with Crippen molar-refractivity contribution < 1.29 is 9.90 Å². The highest BCUT2D eigenvalue weighted by atomic mass is 16.3. The van der Waals surface area contributed by atoms with Crippen LogP contribution in [0.3, 0.4) is 0 Å². The van der Waals surface area contributed by atoms with Crippen LogP contribution < -0.4 is 11.0 Å². The Kier molecular flexibility index (Phi) is 5.84. The number of carbonyl (C=O) groups excluding carboxylic acids is 1. The van der Waals surface area contributed by atoms with E-state index >= 15 is 0 Å². The highest BCUT2D eigenvalue weighted by Crippen LogP contribution is 2.13. The van der Waals surface area contributed by atoms with Crippen LogP contribution in [0.5, 0.6) is 5.75 Å². The Balaban J connectivity index is 1.60. The number of rotatable bonds is 6. The summed E-state index contributed by atoms with van der Waals surface area (Å²) >= 11 is 0. The molecule has 2 N–H and O–H groups in total. The number of phenols is 1. The summed E-state index contributed by atoms with van der Waals surface area (Å²) in [5.74, 6) is -0.404. The lowest BCUT2D eigenvalue weighted by Crippen LogP contribution is -2.32. The maximum absolute atomic E-state index is 13.1. The lowest BCUT2D eigenvalue weighted by molar-refractivity contribution is -0.121. The first kappa shape index (κ1) is 20.0. The first-order valence-electron chi connectivity index (χ1n) is 9.74. The Bertz CT molecular complexity index is 1310. The Hall–Kier alpha value is -4.26. The zero-order valence-electron chi connectivity index (χ0n) is 16.6. The van der Waals surface area contributed by atoms with Crippen LogP contribution in [0.1, 0.15) is 16.8 Å². The molecule has 0 aliphatic rings. The molecule has 0 bridgehead atoms. The van der Waals surface area contributed by atoms with Crippen molar-refractivity contribution >= 4 is 23.2 Å². The van der Waals surface area contributed by atoms with Gasteiger partial charge in [0.1, 0.15) is 18.0 Å². The second-order valence-electron chi connectivity index (χ2n) is 6.95. The number of aromatic nitrogens is 2. The van der Waals surface area contributed by atoms with Gasteiger partial charge in [-0.05, 0) is 29.8 Å². The van der Waals surface area contributed by atoms with Gasteiger partial charge in [0.25, 0.3) is 11.5 Å². The third kappa shape index (κ3) is 4.67. The van der Waals surface area contributed by atoms with Crippen LogP contribution in [-0.4, -0.2) is 26.8 Å². The van der Waals surface area contributed by atoms with E-state index in [4.69, 9.17) is 0 Å². The van der Waals surface area contributed by atoms with E-state index in [9.17, 15) is 14.7 Å². The zero-order chi connectivity index (χ0) is 21.6. The van der Waals surface area contributed by atoms with Gasteiger partial charge in [0, 0.05) is 12.0 Å². The number of hydrazone groups is 1. The predicted molar refractivity (Wildman–Crippen MR) is 119 cm³/mol. The minimum absolute atomic E-state index is 0.0578. The van der Waals surface area contributed by atoms with Gasteiger partial charge < -0.3 is 5.11 Å². The Morgan fingerprint density at radius 3 is 2.52 bits per heavy atom. The maximum atomic E-state index is 13.1. The molecule has 0 atom stereocenters. The average molecular weight is 412 g/mol. The number of nitrogens with zero attached hydrogens (tertiary/aromatic N) is 3. The fourth-order valence-electron chi connectivity index (χ4n) is 3.26. The number of para-hydroxylation sites is 3. The van der Waals surface area contributed by atoms with Gasteiger partial charge in [-0.25, -0.2) is 10.4 Å². The SMILES string of the molecule is O=C(Cn1c(=O)c(Cc2ccccc2)nc2ccccc21)N/N=C/c1ccccc1O. The summed E-state index contributed by atoms with van der Waals surface area (Å²) in [6, 6.07) is 23.4. The number of phenolic OH excluding ortho intramolecular Hbond substituents is 1. The van der Waals surface area contributed by atoms with Gasteiger partial charge in [0.05, 0.1) is 17.2 Å². The van der Waals surface area contributed by atoms with Crippen LogP contribution in [0.2, 0.25) is 0 Å². The molecule has 0 spiro atoms. The molecule has 0 saturated carbocycles. The Morgan fingerprint density at radius 2 is 1.71 bits per heavy atom. The van der Waals surface area contributed by atoms with E-state index in [1.807, 2.05) is 42.5 Å². The molecule has 0 saturated heterocycles. The summed E-state index contributed by atoms with van der Waals surface area (Å²) in [6.07, 6.45) is 1.72. The standard InChI is InChI=1S/C24H20N4O3/c29-22-13-7-4-10-18(22)15-25-27-23(30)16-28-21-12-6-5-11-19(21)26-20(24(28)31)14-17-8-2-1-3-9-17/h1-13,15,29H,14,16H2,(H,27,30)/b25-15+. The second kappa shape index (κ2) is 9.04. The molecule has 0 fully saturated rings. The number of nitrogens with one attached hydrogen (secondary N) is 1. The van der Waals surface area contributed by atoms with Crippen LogP contribution in [0, 0.1) is 0 Å². The van der Waals surface area contributed by atoms with Crippen molar-refractivity contribution in [2.75, 3.05) is 0 Å². The first-order valence-corrected chi connectivity index (χ1v) is 9.74. The van der Waals surface area contributed by atoms with Gasteiger partial charge in [0.15, 0.2) is 0 Å². The van der Waals surface area contributed by atoms with Crippen LogP contribution in [-0.2, 0) is 17.8 Å². The maximum Gasteiger partial charge on any atom is 0.273 e.